The Morgan fingerprint density at radius 1 is 1.13 bits per heavy atom. The van der Waals surface area contributed by atoms with Crippen molar-refractivity contribution in [1.29, 1.82) is 0 Å². The van der Waals surface area contributed by atoms with E-state index in [9.17, 15) is 4.79 Å². The molecule has 1 aromatic carbocycles. The summed E-state index contributed by atoms with van der Waals surface area (Å²) in [6, 6.07) is 11.0. The van der Waals surface area contributed by atoms with Crippen molar-refractivity contribution in [2.45, 2.75) is 25.9 Å². The maximum atomic E-state index is 12.0. The molecule has 30 heavy (non-hydrogen) atoms. The van der Waals surface area contributed by atoms with Crippen LogP contribution in [0.25, 0.3) is 0 Å². The van der Waals surface area contributed by atoms with E-state index in [1.165, 1.54) is 6.26 Å². The third-order valence-electron chi connectivity index (χ3n) is 5.20. The molecule has 0 saturated carbocycles. The molecule has 3 rings (SSSR count). The number of nitrogens with one attached hydrogen (secondary N) is 3. The summed E-state index contributed by atoms with van der Waals surface area (Å²) in [7, 11) is 1.77. The minimum Gasteiger partial charge on any atom is -0.459 e. The van der Waals surface area contributed by atoms with Gasteiger partial charge in [-0.25, -0.2) is 0 Å². The summed E-state index contributed by atoms with van der Waals surface area (Å²) in [6.07, 6.45) is 1.48. The van der Waals surface area contributed by atoms with Gasteiger partial charge in [-0.15, -0.1) is 0 Å². The van der Waals surface area contributed by atoms with Gasteiger partial charge in [-0.1, -0.05) is 12.1 Å². The third kappa shape index (κ3) is 6.08. The van der Waals surface area contributed by atoms with Crippen molar-refractivity contribution >= 4 is 17.6 Å². The highest BCUT2D eigenvalue weighted by atomic mass is 16.5. The molecule has 0 radical (unpaired) electrons. The normalized spacial score (nSPS) is 15.6. The van der Waals surface area contributed by atoms with E-state index in [0.29, 0.717) is 6.54 Å². The number of guanidine groups is 1. The van der Waals surface area contributed by atoms with Gasteiger partial charge in [0.15, 0.2) is 11.7 Å². The van der Waals surface area contributed by atoms with Crippen LogP contribution < -0.4 is 16.0 Å². The largest absolute Gasteiger partial charge is 0.459 e. The fourth-order valence-corrected chi connectivity index (χ4v) is 3.29. The Bertz CT molecular complexity index is 825. The van der Waals surface area contributed by atoms with E-state index in [0.717, 1.165) is 50.1 Å². The highest BCUT2D eigenvalue weighted by Gasteiger charge is 2.28. The SMILES string of the molecule is CN=C(NCc1ccc(NC(=O)c2ccco2)cc1)NCC(C)(C)N1CCOCC1. The third-order valence-corrected chi connectivity index (χ3v) is 5.20. The maximum Gasteiger partial charge on any atom is 0.291 e. The van der Waals surface area contributed by atoms with Gasteiger partial charge < -0.3 is 25.1 Å². The minimum absolute atomic E-state index is 0.00917. The number of furan rings is 1. The highest BCUT2D eigenvalue weighted by molar-refractivity contribution is 6.02. The first kappa shape index (κ1) is 21.9. The van der Waals surface area contributed by atoms with Crippen molar-refractivity contribution in [3.05, 3.63) is 54.0 Å². The van der Waals surface area contributed by atoms with Crippen LogP contribution in [0.1, 0.15) is 30.0 Å². The van der Waals surface area contributed by atoms with E-state index in [1.54, 1.807) is 19.2 Å². The van der Waals surface area contributed by atoms with Gasteiger partial charge in [-0.05, 0) is 43.7 Å². The lowest BCUT2D eigenvalue weighted by molar-refractivity contribution is -0.00834. The van der Waals surface area contributed by atoms with Crippen molar-refractivity contribution in [1.82, 2.24) is 15.5 Å². The zero-order valence-electron chi connectivity index (χ0n) is 17.9. The second kappa shape index (κ2) is 10.3. The number of amides is 1. The van der Waals surface area contributed by atoms with Crippen molar-refractivity contribution in [2.24, 2.45) is 4.99 Å². The second-order valence-electron chi connectivity index (χ2n) is 7.82. The van der Waals surface area contributed by atoms with Crippen LogP contribution >= 0.6 is 0 Å². The molecule has 1 saturated heterocycles. The standard InChI is InChI=1S/C22H31N5O3/c1-22(2,27-10-13-29-14-11-27)16-25-21(23-3)24-15-17-6-8-18(9-7-17)26-20(28)19-5-4-12-30-19/h4-9,12H,10-11,13-16H2,1-3H3,(H,26,28)(H2,23,24,25). The number of hydrogen-bond donors (Lipinski definition) is 3. The smallest absolute Gasteiger partial charge is 0.291 e. The molecule has 0 bridgehead atoms. The predicted octanol–water partition coefficient (Wildman–Crippen LogP) is 2.31. The minimum atomic E-state index is -0.265. The van der Waals surface area contributed by atoms with Gasteiger partial charge in [0, 0.05) is 44.5 Å². The van der Waals surface area contributed by atoms with Gasteiger partial charge in [-0.3, -0.25) is 14.7 Å². The number of carbonyl (C=O) groups is 1. The van der Waals surface area contributed by atoms with Crippen molar-refractivity contribution in [3.8, 4) is 0 Å². The van der Waals surface area contributed by atoms with Gasteiger partial charge in [0.05, 0.1) is 19.5 Å². The van der Waals surface area contributed by atoms with Crippen LogP contribution in [-0.2, 0) is 11.3 Å². The Kier molecular flexibility index (Phi) is 7.48. The molecule has 2 heterocycles. The summed E-state index contributed by atoms with van der Waals surface area (Å²) in [5, 5.41) is 9.57. The number of ether oxygens (including phenoxy) is 1. The Morgan fingerprint density at radius 2 is 1.87 bits per heavy atom. The fraction of sp³-hybridized carbons (Fsp3) is 0.455. The summed E-state index contributed by atoms with van der Waals surface area (Å²) in [5.41, 5.74) is 1.81. The lowest BCUT2D eigenvalue weighted by Crippen LogP contribution is -2.56. The van der Waals surface area contributed by atoms with Crippen molar-refractivity contribution < 1.29 is 13.9 Å². The molecule has 8 heteroatoms. The fourth-order valence-electron chi connectivity index (χ4n) is 3.29. The average Bonchev–Trinajstić information content (AvgIpc) is 3.31. The average molecular weight is 414 g/mol. The van der Waals surface area contributed by atoms with Crippen molar-refractivity contribution in [2.75, 3.05) is 45.2 Å². The Labute approximate surface area is 177 Å². The first-order valence-electron chi connectivity index (χ1n) is 10.2. The maximum absolute atomic E-state index is 12.0. The lowest BCUT2D eigenvalue weighted by atomic mass is 10.0. The van der Waals surface area contributed by atoms with E-state index in [4.69, 9.17) is 9.15 Å². The predicted molar refractivity (Wildman–Crippen MR) is 118 cm³/mol. The summed E-state index contributed by atoms with van der Waals surface area (Å²) in [4.78, 5) is 18.8. The number of rotatable bonds is 7. The van der Waals surface area contributed by atoms with Crippen LogP contribution in [0.15, 0.2) is 52.1 Å². The molecule has 0 aliphatic carbocycles. The van der Waals surface area contributed by atoms with E-state index in [1.807, 2.05) is 24.3 Å². The summed E-state index contributed by atoms with van der Waals surface area (Å²) in [6.45, 7) is 9.34. The molecule has 1 aliphatic rings. The van der Waals surface area contributed by atoms with E-state index in [-0.39, 0.29) is 17.2 Å². The molecule has 0 spiro atoms. The van der Waals surface area contributed by atoms with Crippen LogP contribution in [-0.4, -0.2) is 62.2 Å². The Hall–Kier alpha value is -2.84. The van der Waals surface area contributed by atoms with Gasteiger partial charge in [-0.2, -0.15) is 0 Å². The molecule has 1 fully saturated rings. The lowest BCUT2D eigenvalue weighted by Gasteiger charge is -2.41. The Balaban J connectivity index is 1.46. The van der Waals surface area contributed by atoms with Gasteiger partial charge in [0.25, 0.3) is 5.91 Å². The Morgan fingerprint density at radius 3 is 2.50 bits per heavy atom. The molecular weight excluding hydrogens is 382 g/mol. The van der Waals surface area contributed by atoms with Crippen LogP contribution in [0.4, 0.5) is 5.69 Å². The second-order valence-corrected chi connectivity index (χ2v) is 7.82. The number of anilines is 1. The first-order chi connectivity index (χ1) is 14.5. The van der Waals surface area contributed by atoms with Crippen LogP contribution in [0.3, 0.4) is 0 Å². The first-order valence-corrected chi connectivity index (χ1v) is 10.2. The number of aliphatic imine (C=N–C) groups is 1. The topological polar surface area (TPSA) is 91.1 Å². The van der Waals surface area contributed by atoms with Crippen molar-refractivity contribution in [3.63, 3.8) is 0 Å². The number of hydrogen-bond acceptors (Lipinski definition) is 5. The molecular formula is C22H31N5O3. The quantitative estimate of drug-likeness (QED) is 0.477. The molecule has 8 nitrogen and oxygen atoms in total. The van der Waals surface area contributed by atoms with E-state index >= 15 is 0 Å². The highest BCUT2D eigenvalue weighted by Crippen LogP contribution is 2.15. The van der Waals surface area contributed by atoms with Gasteiger partial charge in [0.2, 0.25) is 0 Å². The summed E-state index contributed by atoms with van der Waals surface area (Å²) >= 11 is 0. The number of morpholine rings is 1. The van der Waals surface area contributed by atoms with E-state index < -0.39 is 0 Å². The molecule has 1 amide bonds. The molecule has 1 aromatic heterocycles. The molecule has 3 N–H and O–H groups in total. The van der Waals surface area contributed by atoms with Crippen LogP contribution in [0, 0.1) is 0 Å². The van der Waals surface area contributed by atoms with E-state index in [2.05, 4.69) is 39.7 Å². The summed E-state index contributed by atoms with van der Waals surface area (Å²) in [5.74, 6) is 0.778. The number of benzene rings is 1. The monoisotopic (exact) mass is 413 g/mol. The zero-order chi connectivity index (χ0) is 21.4. The summed E-state index contributed by atoms with van der Waals surface area (Å²) < 4.78 is 10.6. The van der Waals surface area contributed by atoms with Crippen LogP contribution in [0.2, 0.25) is 0 Å². The van der Waals surface area contributed by atoms with Crippen LogP contribution in [0.5, 0.6) is 0 Å². The number of nitrogens with zero attached hydrogens (tertiary/aromatic N) is 2. The molecule has 162 valence electrons. The van der Waals surface area contributed by atoms with Gasteiger partial charge in [0.1, 0.15) is 0 Å². The van der Waals surface area contributed by atoms with Gasteiger partial charge >= 0.3 is 0 Å². The molecule has 0 unspecified atom stereocenters. The zero-order valence-corrected chi connectivity index (χ0v) is 17.9. The number of carbonyl (C=O) groups excluding carboxylic acids is 1. The molecule has 0 atom stereocenters. The molecule has 1 aliphatic heterocycles. The molecule has 2 aromatic rings.